The normalized spacial score (nSPS) is 22.6. The van der Waals surface area contributed by atoms with Crippen molar-refractivity contribution in [3.05, 3.63) is 34.9 Å². The minimum Gasteiger partial charge on any atom is -0.323 e. The van der Waals surface area contributed by atoms with Crippen LogP contribution in [0, 0.1) is 5.92 Å². The maximum atomic E-state index is 12.5. The lowest BCUT2D eigenvalue weighted by molar-refractivity contribution is -0.131. The fourth-order valence-electron chi connectivity index (χ4n) is 2.62. The van der Waals surface area contributed by atoms with Crippen molar-refractivity contribution in [2.75, 3.05) is 0 Å². The summed E-state index contributed by atoms with van der Waals surface area (Å²) in [6.07, 6.45) is 0.634. The van der Waals surface area contributed by atoms with Crippen LogP contribution in [-0.2, 0) is 11.3 Å². The molecule has 0 spiro atoms. The summed E-state index contributed by atoms with van der Waals surface area (Å²) in [5.74, 6) is 0.172. The lowest BCUT2D eigenvalue weighted by atomic mass is 9.91. The topological polar surface area (TPSA) is 49.4 Å². The van der Waals surface area contributed by atoms with Crippen molar-refractivity contribution in [3.63, 3.8) is 0 Å². The van der Waals surface area contributed by atoms with Crippen LogP contribution < -0.4 is 5.32 Å². The van der Waals surface area contributed by atoms with E-state index in [1.165, 1.54) is 4.90 Å². The monoisotopic (exact) mass is 294 g/mol. The maximum absolute atomic E-state index is 12.5. The highest BCUT2D eigenvalue weighted by Crippen LogP contribution is 2.26. The number of carbonyl (C=O) groups excluding carboxylic acids is 2. The molecule has 0 radical (unpaired) electrons. The van der Waals surface area contributed by atoms with Gasteiger partial charge >= 0.3 is 6.03 Å². The van der Waals surface area contributed by atoms with E-state index in [1.54, 1.807) is 19.1 Å². The fourth-order valence-corrected chi connectivity index (χ4v) is 2.74. The fraction of sp³-hybridized carbons (Fsp3) is 0.467. The summed E-state index contributed by atoms with van der Waals surface area (Å²) in [5, 5.41) is 3.44. The molecule has 1 N–H and O–H groups in total. The molecule has 20 heavy (non-hydrogen) atoms. The number of halogens is 1. The van der Waals surface area contributed by atoms with E-state index < -0.39 is 5.54 Å². The van der Waals surface area contributed by atoms with Gasteiger partial charge in [-0.2, -0.15) is 0 Å². The van der Waals surface area contributed by atoms with E-state index >= 15 is 0 Å². The molecule has 1 atom stereocenters. The van der Waals surface area contributed by atoms with E-state index in [1.807, 2.05) is 26.0 Å². The second-order valence-electron chi connectivity index (χ2n) is 5.88. The average Bonchev–Trinajstić information content (AvgIpc) is 2.54. The van der Waals surface area contributed by atoms with Gasteiger partial charge in [0.25, 0.3) is 5.91 Å². The lowest BCUT2D eigenvalue weighted by Gasteiger charge is -2.23. The van der Waals surface area contributed by atoms with Crippen molar-refractivity contribution in [2.45, 2.75) is 39.3 Å². The van der Waals surface area contributed by atoms with Crippen molar-refractivity contribution in [3.8, 4) is 0 Å². The molecular formula is C15H19ClN2O2. The number of imide groups is 1. The van der Waals surface area contributed by atoms with Crippen LogP contribution in [0.3, 0.4) is 0 Å². The molecular weight excluding hydrogens is 276 g/mol. The zero-order valence-electron chi connectivity index (χ0n) is 11.9. The van der Waals surface area contributed by atoms with Gasteiger partial charge in [0, 0.05) is 5.02 Å². The zero-order valence-corrected chi connectivity index (χ0v) is 12.7. The van der Waals surface area contributed by atoms with Crippen LogP contribution >= 0.6 is 11.6 Å². The van der Waals surface area contributed by atoms with Gasteiger partial charge in [-0.05, 0) is 37.0 Å². The minimum atomic E-state index is -0.794. The van der Waals surface area contributed by atoms with Crippen LogP contribution in [0.2, 0.25) is 5.02 Å². The number of benzene rings is 1. The Balaban J connectivity index is 2.15. The predicted octanol–water partition coefficient (Wildman–Crippen LogP) is 3.20. The Labute approximate surface area is 124 Å². The van der Waals surface area contributed by atoms with E-state index in [0.29, 0.717) is 17.4 Å². The number of nitrogens with zero attached hydrogens (tertiary/aromatic N) is 1. The molecule has 0 aliphatic carbocycles. The van der Waals surface area contributed by atoms with Crippen molar-refractivity contribution in [1.29, 1.82) is 0 Å². The van der Waals surface area contributed by atoms with E-state index in [4.69, 9.17) is 11.6 Å². The number of hydrogen-bond acceptors (Lipinski definition) is 2. The summed E-state index contributed by atoms with van der Waals surface area (Å²) in [6.45, 7) is 6.13. The van der Waals surface area contributed by atoms with Gasteiger partial charge in [-0.3, -0.25) is 9.69 Å². The highest BCUT2D eigenvalue weighted by Gasteiger charge is 2.47. The standard InChI is InChI=1S/C15H19ClN2O2/c1-10(2)8-15(3)13(19)18(14(20)17-15)9-11-4-6-12(16)7-5-11/h4-7,10H,8-9H2,1-3H3,(H,17,20). The SMILES string of the molecule is CC(C)CC1(C)NC(=O)N(Cc2ccc(Cl)cc2)C1=O. The molecule has 1 aromatic carbocycles. The molecule has 1 aromatic rings. The Morgan fingerprint density at radius 2 is 1.85 bits per heavy atom. The molecule has 5 heteroatoms. The Morgan fingerprint density at radius 3 is 2.40 bits per heavy atom. The molecule has 1 heterocycles. The number of amides is 3. The van der Waals surface area contributed by atoms with Crippen LogP contribution in [0.15, 0.2) is 24.3 Å². The first-order valence-corrected chi connectivity index (χ1v) is 7.08. The van der Waals surface area contributed by atoms with Gasteiger partial charge < -0.3 is 5.32 Å². The van der Waals surface area contributed by atoms with Crippen molar-refractivity contribution in [2.24, 2.45) is 5.92 Å². The van der Waals surface area contributed by atoms with Gasteiger partial charge in [-0.1, -0.05) is 37.6 Å². The summed E-state index contributed by atoms with van der Waals surface area (Å²) in [6, 6.07) is 6.82. The Hall–Kier alpha value is -1.55. The first-order chi connectivity index (χ1) is 9.32. The van der Waals surface area contributed by atoms with Crippen molar-refractivity contribution < 1.29 is 9.59 Å². The molecule has 2 rings (SSSR count). The highest BCUT2D eigenvalue weighted by atomic mass is 35.5. The molecule has 0 bridgehead atoms. The Kier molecular flexibility index (Phi) is 4.04. The lowest BCUT2D eigenvalue weighted by Crippen LogP contribution is -2.44. The molecule has 108 valence electrons. The van der Waals surface area contributed by atoms with Gasteiger partial charge in [0.2, 0.25) is 0 Å². The second-order valence-corrected chi connectivity index (χ2v) is 6.31. The number of hydrogen-bond donors (Lipinski definition) is 1. The summed E-state index contributed by atoms with van der Waals surface area (Å²) in [7, 11) is 0. The number of urea groups is 1. The largest absolute Gasteiger partial charge is 0.325 e. The average molecular weight is 295 g/mol. The van der Waals surface area contributed by atoms with Crippen molar-refractivity contribution >= 4 is 23.5 Å². The maximum Gasteiger partial charge on any atom is 0.325 e. The molecule has 0 saturated carbocycles. The van der Waals surface area contributed by atoms with Crippen molar-refractivity contribution in [1.82, 2.24) is 10.2 Å². The van der Waals surface area contributed by atoms with Crippen LogP contribution in [0.25, 0.3) is 0 Å². The van der Waals surface area contributed by atoms with Gasteiger partial charge in [-0.15, -0.1) is 0 Å². The molecule has 1 saturated heterocycles. The quantitative estimate of drug-likeness (QED) is 0.867. The third kappa shape index (κ3) is 2.96. The summed E-state index contributed by atoms with van der Waals surface area (Å²) >= 11 is 5.83. The van der Waals surface area contributed by atoms with Crippen LogP contribution in [0.5, 0.6) is 0 Å². The number of carbonyl (C=O) groups is 2. The first-order valence-electron chi connectivity index (χ1n) is 6.70. The molecule has 1 aliphatic rings. The highest BCUT2D eigenvalue weighted by molar-refractivity contribution is 6.30. The van der Waals surface area contributed by atoms with Crippen LogP contribution in [0.4, 0.5) is 4.79 Å². The predicted molar refractivity (Wildman–Crippen MR) is 78.4 cm³/mol. The Bertz CT molecular complexity index is 527. The van der Waals surface area contributed by atoms with E-state index in [2.05, 4.69) is 5.32 Å². The molecule has 0 aromatic heterocycles. The zero-order chi connectivity index (χ0) is 14.9. The molecule has 4 nitrogen and oxygen atoms in total. The smallest absolute Gasteiger partial charge is 0.323 e. The third-order valence-corrected chi connectivity index (χ3v) is 3.67. The minimum absolute atomic E-state index is 0.161. The molecule has 3 amide bonds. The van der Waals surface area contributed by atoms with Gasteiger partial charge in [0.05, 0.1) is 6.54 Å². The summed E-state index contributed by atoms with van der Waals surface area (Å²) in [4.78, 5) is 25.8. The summed E-state index contributed by atoms with van der Waals surface area (Å²) in [5.41, 5.74) is 0.0872. The molecule has 1 aliphatic heterocycles. The van der Waals surface area contributed by atoms with Crippen LogP contribution in [0.1, 0.15) is 32.8 Å². The first kappa shape index (κ1) is 14.9. The number of nitrogens with one attached hydrogen (secondary N) is 1. The van der Waals surface area contributed by atoms with Gasteiger partial charge in [-0.25, -0.2) is 4.79 Å². The van der Waals surface area contributed by atoms with Gasteiger partial charge in [0.1, 0.15) is 5.54 Å². The molecule has 1 fully saturated rings. The molecule has 1 unspecified atom stereocenters. The third-order valence-electron chi connectivity index (χ3n) is 3.42. The van der Waals surface area contributed by atoms with E-state index in [9.17, 15) is 9.59 Å². The Morgan fingerprint density at radius 1 is 1.25 bits per heavy atom. The van der Waals surface area contributed by atoms with E-state index in [0.717, 1.165) is 5.56 Å². The van der Waals surface area contributed by atoms with Crippen LogP contribution in [-0.4, -0.2) is 22.4 Å². The van der Waals surface area contributed by atoms with Gasteiger partial charge in [0.15, 0.2) is 0 Å². The second kappa shape index (κ2) is 5.44. The van der Waals surface area contributed by atoms with E-state index in [-0.39, 0.29) is 18.5 Å². The number of rotatable bonds is 4. The summed E-state index contributed by atoms with van der Waals surface area (Å²) < 4.78 is 0.